The summed E-state index contributed by atoms with van der Waals surface area (Å²) >= 11 is 0. The van der Waals surface area contributed by atoms with Crippen molar-refractivity contribution < 1.29 is 17.6 Å². The Morgan fingerprint density at radius 3 is 2.48 bits per heavy atom. The van der Waals surface area contributed by atoms with Gasteiger partial charge in [0.2, 0.25) is 15.9 Å². The molecule has 2 aromatic carbocycles. The number of hydrogen-bond donors (Lipinski definition) is 1. The lowest BCUT2D eigenvalue weighted by Crippen LogP contribution is -2.35. The Morgan fingerprint density at radius 1 is 1.12 bits per heavy atom. The molecule has 0 atom stereocenters. The van der Waals surface area contributed by atoms with Crippen molar-refractivity contribution in [3.8, 4) is 0 Å². The molecule has 2 aromatic rings. The van der Waals surface area contributed by atoms with E-state index in [1.807, 2.05) is 26.0 Å². The summed E-state index contributed by atoms with van der Waals surface area (Å²) in [6.07, 6.45) is 0. The van der Waals surface area contributed by atoms with E-state index in [1.54, 1.807) is 13.0 Å². The quantitative estimate of drug-likeness (QED) is 0.887. The summed E-state index contributed by atoms with van der Waals surface area (Å²) in [5, 5.41) is 2.71. The Labute approximate surface area is 147 Å². The van der Waals surface area contributed by atoms with E-state index in [4.69, 9.17) is 0 Å². The number of carbonyl (C=O) groups excluding carboxylic acids is 1. The maximum absolute atomic E-state index is 13.4. The molecular weight excluding hydrogens is 343 g/mol. The van der Waals surface area contributed by atoms with Crippen LogP contribution in [-0.4, -0.2) is 32.2 Å². The number of nitrogens with zero attached hydrogens (tertiary/aromatic N) is 1. The fourth-order valence-corrected chi connectivity index (χ4v) is 3.74. The molecule has 0 saturated carbocycles. The van der Waals surface area contributed by atoms with Crippen LogP contribution in [0, 0.1) is 26.6 Å². The van der Waals surface area contributed by atoms with Gasteiger partial charge in [0.15, 0.2) is 0 Å². The first-order chi connectivity index (χ1) is 11.6. The highest BCUT2D eigenvalue weighted by molar-refractivity contribution is 7.89. The van der Waals surface area contributed by atoms with Crippen LogP contribution >= 0.6 is 0 Å². The fraction of sp³-hybridized carbons (Fsp3) is 0.278. The number of likely N-dealkylation sites (N-methyl/N-ethyl adjacent to an activating group) is 1. The summed E-state index contributed by atoms with van der Waals surface area (Å²) in [4.78, 5) is 12.1. The number of sulfonamides is 1. The molecule has 0 aliphatic heterocycles. The second-order valence-corrected chi connectivity index (χ2v) is 7.98. The Hall–Kier alpha value is -2.25. The van der Waals surface area contributed by atoms with Crippen LogP contribution in [-0.2, 0) is 14.8 Å². The molecule has 1 amide bonds. The Kier molecular flexibility index (Phi) is 5.59. The number of amides is 1. The zero-order valence-corrected chi connectivity index (χ0v) is 15.4. The van der Waals surface area contributed by atoms with E-state index in [2.05, 4.69) is 5.32 Å². The molecular formula is C18H21FN2O3S. The van der Waals surface area contributed by atoms with Gasteiger partial charge in [0.1, 0.15) is 5.82 Å². The first-order valence-electron chi connectivity index (χ1n) is 7.71. The molecule has 0 aliphatic carbocycles. The minimum absolute atomic E-state index is 0.144. The van der Waals surface area contributed by atoms with E-state index in [9.17, 15) is 17.6 Å². The summed E-state index contributed by atoms with van der Waals surface area (Å²) in [6, 6.07) is 9.05. The van der Waals surface area contributed by atoms with Crippen molar-refractivity contribution in [3.05, 3.63) is 58.9 Å². The number of nitrogens with one attached hydrogen (secondary N) is 1. The summed E-state index contributed by atoms with van der Waals surface area (Å²) in [7, 11) is -2.67. The van der Waals surface area contributed by atoms with Crippen LogP contribution in [0.3, 0.4) is 0 Å². The third-order valence-electron chi connectivity index (χ3n) is 4.08. The maximum Gasteiger partial charge on any atom is 0.243 e. The lowest BCUT2D eigenvalue weighted by molar-refractivity contribution is -0.116. The molecule has 0 spiro atoms. The zero-order chi connectivity index (χ0) is 18.8. The van der Waals surface area contributed by atoms with Crippen LogP contribution in [0.25, 0.3) is 0 Å². The highest BCUT2D eigenvalue weighted by atomic mass is 32.2. The largest absolute Gasteiger partial charge is 0.325 e. The molecule has 0 aromatic heterocycles. The van der Waals surface area contributed by atoms with Crippen molar-refractivity contribution in [1.82, 2.24) is 4.31 Å². The predicted octanol–water partition coefficient (Wildman–Crippen LogP) is 3.01. The Morgan fingerprint density at radius 2 is 1.80 bits per heavy atom. The van der Waals surface area contributed by atoms with Gasteiger partial charge in [-0.3, -0.25) is 4.79 Å². The molecule has 5 nitrogen and oxygen atoms in total. The molecule has 0 unspecified atom stereocenters. The van der Waals surface area contributed by atoms with Gasteiger partial charge in [-0.15, -0.1) is 0 Å². The van der Waals surface area contributed by atoms with Gasteiger partial charge in [-0.1, -0.05) is 18.2 Å². The first-order valence-corrected chi connectivity index (χ1v) is 9.15. The minimum Gasteiger partial charge on any atom is -0.325 e. The third kappa shape index (κ3) is 4.24. The Balaban J connectivity index is 2.17. The third-order valence-corrected chi connectivity index (χ3v) is 6.03. The average Bonchev–Trinajstić information content (AvgIpc) is 2.53. The smallest absolute Gasteiger partial charge is 0.243 e. The van der Waals surface area contributed by atoms with Crippen molar-refractivity contribution in [2.75, 3.05) is 18.9 Å². The van der Waals surface area contributed by atoms with Crippen molar-refractivity contribution in [2.45, 2.75) is 25.7 Å². The SMILES string of the molecule is Cc1ccc(F)cc1S(=O)(=O)N(C)CC(=O)Nc1cccc(C)c1C. The normalized spacial score (nSPS) is 11.6. The van der Waals surface area contributed by atoms with Gasteiger partial charge < -0.3 is 5.32 Å². The van der Waals surface area contributed by atoms with E-state index in [0.717, 1.165) is 21.5 Å². The monoisotopic (exact) mass is 364 g/mol. The topological polar surface area (TPSA) is 66.5 Å². The van der Waals surface area contributed by atoms with E-state index in [0.29, 0.717) is 11.3 Å². The summed E-state index contributed by atoms with van der Waals surface area (Å²) < 4.78 is 39.5. The van der Waals surface area contributed by atoms with Crippen LogP contribution in [0.1, 0.15) is 16.7 Å². The van der Waals surface area contributed by atoms with E-state index in [-0.39, 0.29) is 11.4 Å². The molecule has 0 radical (unpaired) electrons. The number of rotatable bonds is 5. The van der Waals surface area contributed by atoms with Gasteiger partial charge in [0.25, 0.3) is 0 Å². The maximum atomic E-state index is 13.4. The van der Waals surface area contributed by atoms with Gasteiger partial charge in [-0.2, -0.15) is 4.31 Å². The zero-order valence-electron chi connectivity index (χ0n) is 14.6. The van der Waals surface area contributed by atoms with Gasteiger partial charge in [0, 0.05) is 12.7 Å². The second-order valence-electron chi connectivity index (χ2n) is 5.97. The number of carbonyl (C=O) groups is 1. The van der Waals surface area contributed by atoms with Crippen molar-refractivity contribution in [3.63, 3.8) is 0 Å². The molecule has 0 saturated heterocycles. The van der Waals surface area contributed by atoms with Gasteiger partial charge >= 0.3 is 0 Å². The number of benzene rings is 2. The van der Waals surface area contributed by atoms with Gasteiger partial charge in [-0.25, -0.2) is 12.8 Å². The minimum atomic E-state index is -3.97. The summed E-state index contributed by atoms with van der Waals surface area (Å²) in [6.45, 7) is 5.01. The first kappa shape index (κ1) is 19.1. The predicted molar refractivity (Wildman–Crippen MR) is 95.5 cm³/mol. The molecule has 7 heteroatoms. The standard InChI is InChI=1S/C18H21FN2O3S/c1-12-6-5-7-16(14(12)3)20-18(22)11-21(4)25(23,24)17-10-15(19)9-8-13(17)2/h5-10H,11H2,1-4H3,(H,20,22). The molecule has 134 valence electrons. The lowest BCUT2D eigenvalue weighted by Gasteiger charge is -2.19. The van der Waals surface area contributed by atoms with E-state index < -0.39 is 21.7 Å². The molecule has 0 aliphatic rings. The highest BCUT2D eigenvalue weighted by Crippen LogP contribution is 2.21. The van der Waals surface area contributed by atoms with Crippen molar-refractivity contribution in [1.29, 1.82) is 0 Å². The van der Waals surface area contributed by atoms with Crippen molar-refractivity contribution in [2.24, 2.45) is 0 Å². The molecule has 0 heterocycles. The van der Waals surface area contributed by atoms with E-state index in [1.165, 1.54) is 19.2 Å². The average molecular weight is 364 g/mol. The summed E-state index contributed by atoms with van der Waals surface area (Å²) in [5.74, 6) is -1.11. The molecule has 25 heavy (non-hydrogen) atoms. The van der Waals surface area contributed by atoms with Crippen LogP contribution in [0.4, 0.5) is 10.1 Å². The van der Waals surface area contributed by atoms with Gasteiger partial charge in [-0.05, 0) is 55.7 Å². The second kappa shape index (κ2) is 7.33. The number of anilines is 1. The Bertz CT molecular complexity index is 911. The van der Waals surface area contributed by atoms with Crippen LogP contribution < -0.4 is 5.32 Å². The highest BCUT2D eigenvalue weighted by Gasteiger charge is 2.25. The van der Waals surface area contributed by atoms with Crippen LogP contribution in [0.2, 0.25) is 0 Å². The van der Waals surface area contributed by atoms with Crippen LogP contribution in [0.5, 0.6) is 0 Å². The fourth-order valence-electron chi connectivity index (χ4n) is 2.38. The van der Waals surface area contributed by atoms with Crippen LogP contribution in [0.15, 0.2) is 41.3 Å². The summed E-state index contributed by atoms with van der Waals surface area (Å²) in [5.41, 5.74) is 3.00. The number of aryl methyl sites for hydroxylation is 2. The lowest BCUT2D eigenvalue weighted by atomic mass is 10.1. The number of halogens is 1. The molecule has 0 fully saturated rings. The van der Waals surface area contributed by atoms with E-state index >= 15 is 0 Å². The molecule has 1 N–H and O–H groups in total. The van der Waals surface area contributed by atoms with Crippen molar-refractivity contribution >= 4 is 21.6 Å². The van der Waals surface area contributed by atoms with Gasteiger partial charge in [0.05, 0.1) is 11.4 Å². The number of hydrogen-bond acceptors (Lipinski definition) is 3. The molecule has 0 bridgehead atoms. The molecule has 2 rings (SSSR count).